The minimum absolute atomic E-state index is 0.0435. The van der Waals surface area contributed by atoms with Crippen LogP contribution in [-0.4, -0.2) is 29.5 Å². The second kappa shape index (κ2) is 7.05. The number of benzene rings is 1. The molecule has 0 aliphatic carbocycles. The van der Waals surface area contributed by atoms with Gasteiger partial charge in [-0.3, -0.25) is 4.79 Å². The van der Waals surface area contributed by atoms with E-state index in [1.54, 1.807) is 33.8 Å². The molecular formula is C19H18ClN7O. The summed E-state index contributed by atoms with van der Waals surface area (Å²) >= 11 is 6.23. The zero-order valence-electron chi connectivity index (χ0n) is 15.4. The van der Waals surface area contributed by atoms with E-state index < -0.39 is 0 Å². The van der Waals surface area contributed by atoms with Crippen LogP contribution >= 0.6 is 11.6 Å². The number of rotatable bonds is 4. The average Bonchev–Trinajstić information content (AvgIpc) is 3.12. The van der Waals surface area contributed by atoms with Crippen LogP contribution in [0.25, 0.3) is 22.3 Å². The van der Waals surface area contributed by atoms with Crippen LogP contribution < -0.4 is 11.3 Å². The minimum Gasteiger partial charge on any atom is -0.368 e. The van der Waals surface area contributed by atoms with E-state index >= 15 is 0 Å². The maximum atomic E-state index is 12.6. The van der Waals surface area contributed by atoms with Crippen LogP contribution in [0.15, 0.2) is 47.5 Å². The number of fused-ring (bicyclic) bond motifs is 1. The molecule has 9 heteroatoms. The Labute approximate surface area is 165 Å². The Morgan fingerprint density at radius 1 is 1.18 bits per heavy atom. The van der Waals surface area contributed by atoms with E-state index in [1.165, 1.54) is 0 Å². The summed E-state index contributed by atoms with van der Waals surface area (Å²) in [6, 6.07) is 9.14. The molecule has 4 rings (SSSR count). The fourth-order valence-corrected chi connectivity index (χ4v) is 3.29. The zero-order chi connectivity index (χ0) is 19.8. The molecular weight excluding hydrogens is 378 g/mol. The molecule has 142 valence electrons. The Balaban J connectivity index is 1.74. The van der Waals surface area contributed by atoms with Crippen molar-refractivity contribution in [3.8, 4) is 11.4 Å². The van der Waals surface area contributed by atoms with Gasteiger partial charge in [0.1, 0.15) is 11.4 Å². The number of nitrogens with zero attached hydrogens (tertiary/aromatic N) is 6. The first-order valence-electron chi connectivity index (χ1n) is 8.76. The number of nitrogens with two attached hydrogens (primary N) is 1. The summed E-state index contributed by atoms with van der Waals surface area (Å²) in [5.74, 6) is 0.105. The Hall–Kier alpha value is -3.26. The average molecular weight is 396 g/mol. The molecule has 28 heavy (non-hydrogen) atoms. The van der Waals surface area contributed by atoms with Gasteiger partial charge in [0.2, 0.25) is 5.95 Å². The number of pyridine rings is 1. The zero-order valence-corrected chi connectivity index (χ0v) is 16.1. The summed E-state index contributed by atoms with van der Waals surface area (Å²) in [5, 5.41) is 9.57. The van der Waals surface area contributed by atoms with Crippen LogP contribution in [0.1, 0.15) is 25.5 Å². The Morgan fingerprint density at radius 2 is 2.00 bits per heavy atom. The van der Waals surface area contributed by atoms with E-state index in [-0.39, 0.29) is 17.5 Å². The highest BCUT2D eigenvalue weighted by atomic mass is 35.5. The first-order chi connectivity index (χ1) is 13.4. The molecule has 4 aromatic rings. The second-order valence-electron chi connectivity index (χ2n) is 6.71. The maximum absolute atomic E-state index is 12.6. The van der Waals surface area contributed by atoms with Gasteiger partial charge in [0.25, 0.3) is 5.56 Å². The predicted molar refractivity (Wildman–Crippen MR) is 108 cm³/mol. The van der Waals surface area contributed by atoms with E-state index in [0.717, 1.165) is 5.39 Å². The lowest BCUT2D eigenvalue weighted by atomic mass is 10.1. The molecule has 1 aromatic carbocycles. The highest BCUT2D eigenvalue weighted by molar-refractivity contribution is 6.35. The Bertz CT molecular complexity index is 1230. The van der Waals surface area contributed by atoms with Gasteiger partial charge in [-0.15, -0.1) is 5.10 Å². The van der Waals surface area contributed by atoms with Crippen LogP contribution in [0.3, 0.4) is 0 Å². The molecule has 0 atom stereocenters. The van der Waals surface area contributed by atoms with Gasteiger partial charge in [0.05, 0.1) is 23.3 Å². The topological polar surface area (TPSA) is 105 Å². The molecule has 0 fully saturated rings. The molecule has 0 saturated carbocycles. The molecule has 3 heterocycles. The first kappa shape index (κ1) is 18.1. The summed E-state index contributed by atoms with van der Waals surface area (Å²) in [7, 11) is 0. The van der Waals surface area contributed by atoms with E-state index in [9.17, 15) is 4.79 Å². The summed E-state index contributed by atoms with van der Waals surface area (Å²) < 4.78 is 3.29. The largest absolute Gasteiger partial charge is 0.368 e. The van der Waals surface area contributed by atoms with Gasteiger partial charge in [0.15, 0.2) is 0 Å². The number of para-hydroxylation sites is 1. The van der Waals surface area contributed by atoms with Crippen LogP contribution in [0, 0.1) is 0 Å². The molecule has 0 aliphatic rings. The Kier molecular flexibility index (Phi) is 4.56. The molecule has 0 unspecified atom stereocenters. The van der Waals surface area contributed by atoms with Crippen molar-refractivity contribution in [2.24, 2.45) is 0 Å². The fourth-order valence-electron chi connectivity index (χ4n) is 3.07. The summed E-state index contributed by atoms with van der Waals surface area (Å²) in [4.78, 5) is 21.1. The van der Waals surface area contributed by atoms with E-state index in [1.807, 2.05) is 32.0 Å². The van der Waals surface area contributed by atoms with Gasteiger partial charge in [-0.1, -0.05) is 35.0 Å². The molecule has 0 radical (unpaired) electrons. The normalized spacial score (nSPS) is 11.4. The molecule has 0 bridgehead atoms. The van der Waals surface area contributed by atoms with Gasteiger partial charge in [-0.05, 0) is 26.0 Å². The molecule has 0 aliphatic heterocycles. The lowest BCUT2D eigenvalue weighted by Gasteiger charge is -2.11. The third kappa shape index (κ3) is 3.22. The van der Waals surface area contributed by atoms with Gasteiger partial charge < -0.3 is 10.3 Å². The minimum atomic E-state index is -0.0435. The summed E-state index contributed by atoms with van der Waals surface area (Å²) in [6.45, 7) is 4.24. The third-order valence-electron chi connectivity index (χ3n) is 4.42. The van der Waals surface area contributed by atoms with Gasteiger partial charge >= 0.3 is 0 Å². The number of aromatic nitrogens is 6. The van der Waals surface area contributed by atoms with Crippen molar-refractivity contribution in [2.75, 3.05) is 5.73 Å². The van der Waals surface area contributed by atoms with Crippen LogP contribution in [0.2, 0.25) is 5.02 Å². The van der Waals surface area contributed by atoms with E-state index in [0.29, 0.717) is 34.0 Å². The number of anilines is 1. The molecule has 0 saturated heterocycles. The highest BCUT2D eigenvalue weighted by Gasteiger charge is 2.15. The lowest BCUT2D eigenvalue weighted by Crippen LogP contribution is -2.25. The monoisotopic (exact) mass is 395 g/mol. The Morgan fingerprint density at radius 3 is 2.79 bits per heavy atom. The van der Waals surface area contributed by atoms with Crippen molar-refractivity contribution in [1.29, 1.82) is 0 Å². The first-order valence-corrected chi connectivity index (χ1v) is 9.14. The van der Waals surface area contributed by atoms with Gasteiger partial charge in [-0.25, -0.2) is 14.6 Å². The van der Waals surface area contributed by atoms with E-state index in [2.05, 4.69) is 20.3 Å². The number of hydrogen-bond donors (Lipinski definition) is 1. The van der Waals surface area contributed by atoms with Crippen molar-refractivity contribution >= 4 is 28.5 Å². The smallest absolute Gasteiger partial charge is 0.255 e. The van der Waals surface area contributed by atoms with Crippen molar-refractivity contribution in [1.82, 2.24) is 29.5 Å². The summed E-state index contributed by atoms with van der Waals surface area (Å²) in [6.07, 6.45) is 3.51. The van der Waals surface area contributed by atoms with Crippen LogP contribution in [0.4, 0.5) is 5.95 Å². The molecule has 2 N–H and O–H groups in total. The van der Waals surface area contributed by atoms with Crippen molar-refractivity contribution in [3.63, 3.8) is 0 Å². The van der Waals surface area contributed by atoms with Crippen LogP contribution in [0.5, 0.6) is 0 Å². The standard InChI is InChI=1S/C19H18ClN7O/c1-11(2)27-8-4-5-12(18(27)28)9-26-10-15(24-25-26)17-13-6-3-7-14(20)16(13)22-19(21)23-17/h3-8,10-11H,9H2,1-2H3,(H2,21,22,23). The molecule has 8 nitrogen and oxygen atoms in total. The van der Waals surface area contributed by atoms with Crippen LogP contribution in [-0.2, 0) is 6.54 Å². The second-order valence-corrected chi connectivity index (χ2v) is 7.11. The molecule has 0 spiro atoms. The molecule has 0 amide bonds. The summed E-state index contributed by atoms with van der Waals surface area (Å²) in [5.41, 5.74) is 8.06. The fraction of sp³-hybridized carbons (Fsp3) is 0.211. The number of halogens is 1. The van der Waals surface area contributed by atoms with Crippen molar-refractivity contribution in [2.45, 2.75) is 26.4 Å². The highest BCUT2D eigenvalue weighted by Crippen LogP contribution is 2.29. The number of hydrogen-bond acceptors (Lipinski definition) is 6. The molecule has 3 aromatic heterocycles. The quantitative estimate of drug-likeness (QED) is 0.569. The van der Waals surface area contributed by atoms with Gasteiger partial charge in [-0.2, -0.15) is 0 Å². The van der Waals surface area contributed by atoms with Gasteiger partial charge in [0, 0.05) is 23.2 Å². The number of nitrogen functional groups attached to an aromatic ring is 1. The lowest BCUT2D eigenvalue weighted by molar-refractivity contribution is 0.563. The third-order valence-corrected chi connectivity index (χ3v) is 4.72. The SMILES string of the molecule is CC(C)n1cccc(Cn2cc(-c3nc(N)nc4c(Cl)cccc34)nn2)c1=O. The van der Waals surface area contributed by atoms with Crippen molar-refractivity contribution in [3.05, 3.63) is 63.7 Å². The maximum Gasteiger partial charge on any atom is 0.255 e. The van der Waals surface area contributed by atoms with Crippen molar-refractivity contribution < 1.29 is 0 Å². The van der Waals surface area contributed by atoms with E-state index in [4.69, 9.17) is 17.3 Å². The predicted octanol–water partition coefficient (Wildman–Crippen LogP) is 2.91.